The largest absolute Gasteiger partial charge is 0.481 e. The number of halogens is 1. The average Bonchev–Trinajstić information content (AvgIpc) is 2.28. The van der Waals surface area contributed by atoms with E-state index in [1.807, 2.05) is 0 Å². The molecule has 0 aromatic heterocycles. The molecule has 2 N–H and O–H groups in total. The topological polar surface area (TPSA) is 75.6 Å². The summed E-state index contributed by atoms with van der Waals surface area (Å²) in [6.07, 6.45) is 1.58. The van der Waals surface area contributed by atoms with Gasteiger partial charge in [0.2, 0.25) is 0 Å². The third-order valence-electron chi connectivity index (χ3n) is 3.77. The monoisotopic (exact) mass is 369 g/mol. The molecule has 0 heterocycles. The summed E-state index contributed by atoms with van der Waals surface area (Å²) in [6, 6.07) is 5.25. The number of rotatable bonds is 3. The van der Waals surface area contributed by atoms with Crippen molar-refractivity contribution in [1.82, 2.24) is 0 Å². The van der Waals surface area contributed by atoms with Crippen molar-refractivity contribution in [3.63, 3.8) is 0 Å². The molecule has 0 spiro atoms. The van der Waals surface area contributed by atoms with E-state index in [4.69, 9.17) is 4.74 Å². The second-order valence-corrected chi connectivity index (χ2v) is 7.42. The number of carboxylic acids is 1. The molecule has 0 saturated heterocycles. The highest BCUT2D eigenvalue weighted by Gasteiger charge is 2.46. The lowest BCUT2D eigenvalue weighted by Gasteiger charge is -2.38. The maximum Gasteiger partial charge on any atom is 0.412 e. The molecule has 5 nitrogen and oxygen atoms in total. The fraction of sp³-hybridized carbons (Fsp3) is 0.500. The Bertz CT molecular complexity index is 603. The predicted octanol–water partition coefficient (Wildman–Crippen LogP) is 4.30. The van der Waals surface area contributed by atoms with Crippen molar-refractivity contribution in [2.45, 2.75) is 51.0 Å². The molecule has 1 aromatic rings. The third-order valence-corrected chi connectivity index (χ3v) is 4.46. The number of benzene rings is 1. The molecular formula is C16H20BrNO4. The summed E-state index contributed by atoms with van der Waals surface area (Å²) in [5.74, 6) is -0.815. The lowest BCUT2D eigenvalue weighted by Crippen LogP contribution is -2.42. The predicted molar refractivity (Wildman–Crippen MR) is 87.2 cm³/mol. The maximum absolute atomic E-state index is 11.9. The van der Waals surface area contributed by atoms with E-state index < -0.39 is 23.1 Å². The van der Waals surface area contributed by atoms with E-state index in [0.29, 0.717) is 28.6 Å². The molecule has 0 atom stereocenters. The van der Waals surface area contributed by atoms with Gasteiger partial charge in [0.05, 0.1) is 11.1 Å². The number of carbonyl (C=O) groups is 2. The molecule has 1 saturated carbocycles. The number of hydrogen-bond acceptors (Lipinski definition) is 3. The highest BCUT2D eigenvalue weighted by atomic mass is 79.9. The van der Waals surface area contributed by atoms with Crippen LogP contribution in [0.25, 0.3) is 0 Å². The average molecular weight is 370 g/mol. The van der Waals surface area contributed by atoms with E-state index in [2.05, 4.69) is 21.2 Å². The van der Waals surface area contributed by atoms with Gasteiger partial charge in [0, 0.05) is 4.47 Å². The minimum atomic E-state index is -0.828. The van der Waals surface area contributed by atoms with Crippen LogP contribution in [-0.2, 0) is 14.9 Å². The summed E-state index contributed by atoms with van der Waals surface area (Å²) in [5, 5.41) is 12.2. The summed E-state index contributed by atoms with van der Waals surface area (Å²) in [6.45, 7) is 5.35. The number of hydrogen-bond donors (Lipinski definition) is 2. The molecule has 0 unspecified atom stereocenters. The molecule has 6 heteroatoms. The van der Waals surface area contributed by atoms with E-state index >= 15 is 0 Å². The van der Waals surface area contributed by atoms with E-state index in [0.717, 1.165) is 6.42 Å². The van der Waals surface area contributed by atoms with Crippen molar-refractivity contribution < 1.29 is 19.4 Å². The SMILES string of the molecule is CC(C)(C)OC(=O)Nc1cc(C2(C(=O)O)CCC2)ccc1Br. The Kier molecular flexibility index (Phi) is 4.52. The number of carboxylic acid groups (broad SMARTS) is 1. The van der Waals surface area contributed by atoms with Crippen molar-refractivity contribution in [3.8, 4) is 0 Å². The maximum atomic E-state index is 11.9. The summed E-state index contributed by atoms with van der Waals surface area (Å²) < 4.78 is 5.91. The van der Waals surface area contributed by atoms with Crippen molar-refractivity contribution in [2.24, 2.45) is 0 Å². The number of anilines is 1. The fourth-order valence-corrected chi connectivity index (χ4v) is 2.83. The van der Waals surface area contributed by atoms with E-state index in [-0.39, 0.29) is 0 Å². The first-order valence-corrected chi connectivity index (χ1v) is 7.97. The lowest BCUT2D eigenvalue weighted by atomic mass is 9.64. The van der Waals surface area contributed by atoms with Crippen LogP contribution < -0.4 is 5.32 Å². The van der Waals surface area contributed by atoms with Gasteiger partial charge in [-0.05, 0) is 67.2 Å². The van der Waals surface area contributed by atoms with Crippen molar-refractivity contribution >= 4 is 33.7 Å². The van der Waals surface area contributed by atoms with Gasteiger partial charge in [-0.15, -0.1) is 0 Å². The van der Waals surface area contributed by atoms with Crippen LogP contribution in [0, 0.1) is 0 Å². The Morgan fingerprint density at radius 2 is 1.95 bits per heavy atom. The minimum absolute atomic E-state index is 0.513. The van der Waals surface area contributed by atoms with Crippen LogP contribution in [-0.4, -0.2) is 22.8 Å². The molecule has 1 aliphatic rings. The van der Waals surface area contributed by atoms with Crippen LogP contribution in [0.4, 0.5) is 10.5 Å². The quantitative estimate of drug-likeness (QED) is 0.832. The van der Waals surface area contributed by atoms with Gasteiger partial charge < -0.3 is 9.84 Å². The molecule has 0 aliphatic heterocycles. The minimum Gasteiger partial charge on any atom is -0.481 e. The molecule has 2 rings (SSSR count). The van der Waals surface area contributed by atoms with Gasteiger partial charge in [0.15, 0.2) is 0 Å². The molecule has 1 aliphatic carbocycles. The third kappa shape index (κ3) is 3.43. The van der Waals surface area contributed by atoms with Gasteiger partial charge in [0.1, 0.15) is 5.60 Å². The van der Waals surface area contributed by atoms with Crippen molar-refractivity contribution in [2.75, 3.05) is 5.32 Å². The summed E-state index contributed by atoms with van der Waals surface area (Å²) >= 11 is 3.36. The van der Waals surface area contributed by atoms with E-state index in [1.165, 1.54) is 0 Å². The Morgan fingerprint density at radius 3 is 2.41 bits per heavy atom. The van der Waals surface area contributed by atoms with Gasteiger partial charge in [-0.3, -0.25) is 10.1 Å². The molecule has 22 heavy (non-hydrogen) atoms. The van der Waals surface area contributed by atoms with Gasteiger partial charge in [-0.2, -0.15) is 0 Å². The van der Waals surface area contributed by atoms with Crippen molar-refractivity contribution in [3.05, 3.63) is 28.2 Å². The first-order valence-electron chi connectivity index (χ1n) is 7.17. The molecule has 1 fully saturated rings. The van der Waals surface area contributed by atoms with Crippen LogP contribution in [0.2, 0.25) is 0 Å². The van der Waals surface area contributed by atoms with Crippen LogP contribution in [0.5, 0.6) is 0 Å². The van der Waals surface area contributed by atoms with Crippen LogP contribution in [0.15, 0.2) is 22.7 Å². The molecule has 1 aromatic carbocycles. The summed E-state index contributed by atoms with van der Waals surface area (Å²) in [5.41, 5.74) is -0.199. The zero-order valence-corrected chi connectivity index (χ0v) is 14.5. The highest BCUT2D eigenvalue weighted by molar-refractivity contribution is 9.10. The standard InChI is InChI=1S/C16H20BrNO4/c1-15(2,3)22-14(21)18-12-9-10(5-6-11(12)17)16(13(19)20)7-4-8-16/h5-6,9H,4,7-8H2,1-3H3,(H,18,21)(H,19,20). The van der Waals surface area contributed by atoms with Gasteiger partial charge in [-0.1, -0.05) is 12.5 Å². The molecule has 1 amide bonds. The van der Waals surface area contributed by atoms with E-state index in [9.17, 15) is 14.7 Å². The Balaban J connectivity index is 2.24. The highest BCUT2D eigenvalue weighted by Crippen LogP contribution is 2.45. The summed E-state index contributed by atoms with van der Waals surface area (Å²) in [4.78, 5) is 23.5. The van der Waals surface area contributed by atoms with Gasteiger partial charge in [0.25, 0.3) is 0 Å². The Labute approximate surface area is 138 Å². The zero-order valence-electron chi connectivity index (χ0n) is 12.9. The number of aliphatic carboxylic acids is 1. The number of amides is 1. The van der Waals surface area contributed by atoms with E-state index in [1.54, 1.807) is 39.0 Å². The Morgan fingerprint density at radius 1 is 1.32 bits per heavy atom. The molecule has 0 bridgehead atoms. The normalized spacial score (nSPS) is 16.5. The van der Waals surface area contributed by atoms with Crippen LogP contribution in [0.3, 0.4) is 0 Å². The molecular weight excluding hydrogens is 350 g/mol. The second-order valence-electron chi connectivity index (χ2n) is 6.56. The molecule has 0 radical (unpaired) electrons. The van der Waals surface area contributed by atoms with Gasteiger partial charge in [-0.25, -0.2) is 4.79 Å². The fourth-order valence-electron chi connectivity index (χ4n) is 2.49. The first-order chi connectivity index (χ1) is 10.1. The summed E-state index contributed by atoms with van der Waals surface area (Å²) in [7, 11) is 0. The lowest BCUT2D eigenvalue weighted by molar-refractivity contribution is -0.147. The smallest absolute Gasteiger partial charge is 0.412 e. The number of ether oxygens (including phenoxy) is 1. The van der Waals surface area contributed by atoms with Crippen LogP contribution in [0.1, 0.15) is 45.6 Å². The number of nitrogens with one attached hydrogen (secondary N) is 1. The van der Waals surface area contributed by atoms with Crippen molar-refractivity contribution in [1.29, 1.82) is 0 Å². The number of carbonyl (C=O) groups excluding carboxylic acids is 1. The van der Waals surface area contributed by atoms with Crippen LogP contribution >= 0.6 is 15.9 Å². The van der Waals surface area contributed by atoms with Gasteiger partial charge >= 0.3 is 12.1 Å². The first kappa shape index (κ1) is 16.8. The zero-order chi connectivity index (χ0) is 16.5. The molecule has 120 valence electrons. The Hall–Kier alpha value is -1.56. The second kappa shape index (κ2) is 5.91.